The number of hydrogen-bond acceptors (Lipinski definition) is 5. The van der Waals surface area contributed by atoms with Crippen molar-refractivity contribution in [1.82, 2.24) is 15.3 Å². The van der Waals surface area contributed by atoms with E-state index in [1.54, 1.807) is 11.3 Å². The number of nitrogens with one attached hydrogen (secondary N) is 1. The number of thiazole rings is 1. The van der Waals surface area contributed by atoms with Crippen LogP contribution in [-0.2, 0) is 0 Å². The minimum atomic E-state index is -0.0416. The summed E-state index contributed by atoms with van der Waals surface area (Å²) in [5, 5.41) is 7.21. The van der Waals surface area contributed by atoms with E-state index in [-0.39, 0.29) is 5.91 Å². The normalized spacial score (nSPS) is 17.4. The molecule has 5 nitrogen and oxygen atoms in total. The number of benzene rings is 1. The summed E-state index contributed by atoms with van der Waals surface area (Å²) >= 11 is 1.67. The zero-order chi connectivity index (χ0) is 17.9. The van der Waals surface area contributed by atoms with Crippen LogP contribution in [0.25, 0.3) is 10.9 Å². The van der Waals surface area contributed by atoms with Gasteiger partial charge in [-0.3, -0.25) is 9.78 Å². The Kier molecular flexibility index (Phi) is 4.84. The average molecular weight is 366 g/mol. The first kappa shape index (κ1) is 17.0. The smallest absolute Gasteiger partial charge is 0.253 e. The Morgan fingerprint density at radius 1 is 1.35 bits per heavy atom. The van der Waals surface area contributed by atoms with Crippen LogP contribution >= 0.6 is 11.3 Å². The Morgan fingerprint density at radius 2 is 2.27 bits per heavy atom. The summed E-state index contributed by atoms with van der Waals surface area (Å²) < 4.78 is 0. The lowest BCUT2D eigenvalue weighted by Gasteiger charge is -2.32. The number of hydrogen-bond donors (Lipinski definition) is 1. The lowest BCUT2D eigenvalue weighted by atomic mass is 9.98. The van der Waals surface area contributed by atoms with E-state index in [0.717, 1.165) is 47.7 Å². The highest BCUT2D eigenvalue weighted by atomic mass is 32.1. The molecule has 1 unspecified atom stereocenters. The molecule has 134 valence electrons. The number of pyridine rings is 1. The van der Waals surface area contributed by atoms with Crippen LogP contribution in [0.4, 0.5) is 5.13 Å². The average Bonchev–Trinajstić information content (AvgIpc) is 3.20. The number of rotatable bonds is 4. The Morgan fingerprint density at radius 3 is 3.12 bits per heavy atom. The molecule has 0 aliphatic carbocycles. The van der Waals surface area contributed by atoms with Gasteiger partial charge in [-0.15, -0.1) is 11.3 Å². The molecule has 0 spiro atoms. The van der Waals surface area contributed by atoms with Gasteiger partial charge in [0.15, 0.2) is 5.13 Å². The molecular formula is C20H22N4OS. The van der Waals surface area contributed by atoms with E-state index in [1.165, 1.54) is 0 Å². The molecule has 1 aromatic carbocycles. The van der Waals surface area contributed by atoms with Gasteiger partial charge in [0.1, 0.15) is 0 Å². The molecule has 2 aromatic heterocycles. The second-order valence-corrected chi connectivity index (χ2v) is 7.68. The number of piperidine rings is 1. The maximum atomic E-state index is 12.7. The summed E-state index contributed by atoms with van der Waals surface area (Å²) in [5.74, 6) is 0.404. The fourth-order valence-electron chi connectivity index (χ4n) is 3.54. The molecule has 1 aliphatic rings. The number of para-hydroxylation sites is 1. The standard InChI is InChI=1S/C20H22N4OS/c1-14-7-8-16-5-2-6-17(18(16)23-14)19(25)22-12-15-4-3-10-24(13-15)20-21-9-11-26-20/h2,5-9,11,15H,3-4,10,12-13H2,1H3,(H,22,25). The maximum Gasteiger partial charge on any atom is 0.253 e. The second-order valence-electron chi connectivity index (χ2n) is 6.81. The predicted octanol–water partition coefficient (Wildman–Crippen LogP) is 3.65. The zero-order valence-corrected chi connectivity index (χ0v) is 15.6. The van der Waals surface area contributed by atoms with Crippen molar-refractivity contribution in [3.05, 3.63) is 53.2 Å². The molecule has 1 saturated heterocycles. The minimum Gasteiger partial charge on any atom is -0.352 e. The molecule has 6 heteroatoms. The van der Waals surface area contributed by atoms with Crippen molar-refractivity contribution in [2.75, 3.05) is 24.5 Å². The number of amides is 1. The number of nitrogens with zero attached hydrogens (tertiary/aromatic N) is 3. The van der Waals surface area contributed by atoms with Gasteiger partial charge >= 0.3 is 0 Å². The van der Waals surface area contributed by atoms with Gasteiger partial charge in [0.2, 0.25) is 0 Å². The number of anilines is 1. The Bertz CT molecular complexity index is 909. The fraction of sp³-hybridized carbons (Fsp3) is 0.350. The zero-order valence-electron chi connectivity index (χ0n) is 14.8. The third-order valence-corrected chi connectivity index (χ3v) is 5.70. The maximum absolute atomic E-state index is 12.7. The minimum absolute atomic E-state index is 0.0416. The van der Waals surface area contributed by atoms with Crippen LogP contribution in [0.5, 0.6) is 0 Å². The van der Waals surface area contributed by atoms with Crippen LogP contribution in [0.1, 0.15) is 28.9 Å². The van der Waals surface area contributed by atoms with E-state index in [0.29, 0.717) is 18.0 Å². The highest BCUT2D eigenvalue weighted by Gasteiger charge is 2.22. The van der Waals surface area contributed by atoms with E-state index in [4.69, 9.17) is 0 Å². The highest BCUT2D eigenvalue weighted by molar-refractivity contribution is 7.13. The topological polar surface area (TPSA) is 58.1 Å². The fourth-order valence-corrected chi connectivity index (χ4v) is 4.22. The van der Waals surface area contributed by atoms with Gasteiger partial charge < -0.3 is 10.2 Å². The largest absolute Gasteiger partial charge is 0.352 e. The lowest BCUT2D eigenvalue weighted by Crippen LogP contribution is -2.41. The molecule has 1 fully saturated rings. The van der Waals surface area contributed by atoms with Gasteiger partial charge in [0, 0.05) is 42.3 Å². The molecule has 1 amide bonds. The van der Waals surface area contributed by atoms with Crippen molar-refractivity contribution in [2.45, 2.75) is 19.8 Å². The van der Waals surface area contributed by atoms with Crippen LogP contribution in [0.3, 0.4) is 0 Å². The Balaban J connectivity index is 1.43. The number of aromatic nitrogens is 2. The van der Waals surface area contributed by atoms with Crippen molar-refractivity contribution in [3.63, 3.8) is 0 Å². The van der Waals surface area contributed by atoms with Gasteiger partial charge in [-0.1, -0.05) is 18.2 Å². The first-order chi connectivity index (χ1) is 12.7. The third kappa shape index (κ3) is 3.55. The van der Waals surface area contributed by atoms with Crippen LogP contribution in [-0.4, -0.2) is 35.5 Å². The van der Waals surface area contributed by atoms with Gasteiger partial charge in [-0.05, 0) is 37.8 Å². The van der Waals surface area contributed by atoms with Crippen molar-refractivity contribution in [2.24, 2.45) is 5.92 Å². The second kappa shape index (κ2) is 7.41. The molecule has 4 rings (SSSR count). The van der Waals surface area contributed by atoms with E-state index in [2.05, 4.69) is 20.2 Å². The molecule has 26 heavy (non-hydrogen) atoms. The summed E-state index contributed by atoms with van der Waals surface area (Å²) in [5.41, 5.74) is 2.35. The summed E-state index contributed by atoms with van der Waals surface area (Å²) in [6.07, 6.45) is 4.12. The SMILES string of the molecule is Cc1ccc2cccc(C(=O)NCC3CCCN(c4nccs4)C3)c2n1. The molecule has 1 atom stereocenters. The molecule has 0 radical (unpaired) electrons. The summed E-state index contributed by atoms with van der Waals surface area (Å²) in [6.45, 7) is 4.62. The van der Waals surface area contributed by atoms with E-state index >= 15 is 0 Å². The molecular weight excluding hydrogens is 344 g/mol. The van der Waals surface area contributed by atoms with Crippen molar-refractivity contribution >= 4 is 33.3 Å². The van der Waals surface area contributed by atoms with Gasteiger partial charge in [0.25, 0.3) is 5.91 Å². The molecule has 0 bridgehead atoms. The van der Waals surface area contributed by atoms with Crippen molar-refractivity contribution in [3.8, 4) is 0 Å². The predicted molar refractivity (Wildman–Crippen MR) is 106 cm³/mol. The van der Waals surface area contributed by atoms with Crippen LogP contribution < -0.4 is 10.2 Å². The summed E-state index contributed by atoms with van der Waals surface area (Å²) in [4.78, 5) is 24.0. The molecule has 3 heterocycles. The number of carbonyl (C=O) groups excluding carboxylic acids is 1. The van der Waals surface area contributed by atoms with Crippen LogP contribution in [0, 0.1) is 12.8 Å². The van der Waals surface area contributed by atoms with E-state index < -0.39 is 0 Å². The highest BCUT2D eigenvalue weighted by Crippen LogP contribution is 2.24. The number of carbonyl (C=O) groups is 1. The molecule has 1 aliphatic heterocycles. The van der Waals surface area contributed by atoms with Gasteiger partial charge in [-0.2, -0.15) is 0 Å². The van der Waals surface area contributed by atoms with Crippen LogP contribution in [0.15, 0.2) is 41.9 Å². The summed E-state index contributed by atoms with van der Waals surface area (Å²) in [7, 11) is 0. The van der Waals surface area contributed by atoms with Crippen molar-refractivity contribution < 1.29 is 4.79 Å². The van der Waals surface area contributed by atoms with E-state index in [9.17, 15) is 4.79 Å². The molecule has 1 N–H and O–H groups in total. The lowest BCUT2D eigenvalue weighted by molar-refractivity contribution is 0.0947. The van der Waals surface area contributed by atoms with Crippen molar-refractivity contribution in [1.29, 1.82) is 0 Å². The number of fused-ring (bicyclic) bond motifs is 1. The number of aryl methyl sites for hydroxylation is 1. The Hall–Kier alpha value is -2.47. The first-order valence-electron chi connectivity index (χ1n) is 9.00. The quantitative estimate of drug-likeness (QED) is 0.766. The van der Waals surface area contributed by atoms with E-state index in [1.807, 2.05) is 48.8 Å². The first-order valence-corrected chi connectivity index (χ1v) is 9.88. The van der Waals surface area contributed by atoms with Crippen LogP contribution in [0.2, 0.25) is 0 Å². The monoisotopic (exact) mass is 366 g/mol. The molecule has 0 saturated carbocycles. The van der Waals surface area contributed by atoms with Gasteiger partial charge in [0.05, 0.1) is 11.1 Å². The van der Waals surface area contributed by atoms with Gasteiger partial charge in [-0.25, -0.2) is 4.98 Å². The molecule has 3 aromatic rings. The summed E-state index contributed by atoms with van der Waals surface area (Å²) in [6, 6.07) is 9.75. The Labute approximate surface area is 157 Å². The third-order valence-electron chi connectivity index (χ3n) is 4.86.